The molecule has 8 heteroatoms. The molecule has 0 saturated heterocycles. The third kappa shape index (κ3) is 7.03. The fourth-order valence-corrected chi connectivity index (χ4v) is 5.72. The van der Waals surface area contributed by atoms with Crippen LogP contribution in [0.15, 0.2) is 42.7 Å². The first-order chi connectivity index (χ1) is 15.5. The van der Waals surface area contributed by atoms with Crippen molar-refractivity contribution in [1.29, 1.82) is 0 Å². The van der Waals surface area contributed by atoms with Crippen molar-refractivity contribution in [1.82, 2.24) is 4.98 Å². The average molecular weight is 492 g/mol. The first-order valence-corrected chi connectivity index (χ1v) is 15.9. The molecule has 0 atom stereocenters. The highest BCUT2D eigenvalue weighted by Gasteiger charge is 2.39. The molecule has 2 rings (SSSR count). The Kier molecular flexibility index (Phi) is 9.50. The number of pyridine rings is 1. The van der Waals surface area contributed by atoms with Crippen molar-refractivity contribution in [3.8, 4) is 11.5 Å². The van der Waals surface area contributed by atoms with Gasteiger partial charge in [-0.25, -0.2) is 0 Å². The maximum Gasteiger partial charge on any atom is 0.361 e. The zero-order valence-electron chi connectivity index (χ0n) is 21.2. The van der Waals surface area contributed by atoms with Gasteiger partial charge in [-0.2, -0.15) is 0 Å². The minimum Gasteiger partial charge on any atom is -0.541 e. The number of ether oxygens (including phenoxy) is 1. The molecule has 0 fully saturated rings. The number of benzene rings is 1. The Morgan fingerprint density at radius 2 is 1.70 bits per heavy atom. The number of rotatable bonds is 11. The van der Waals surface area contributed by atoms with Crippen LogP contribution < -0.4 is 9.16 Å². The predicted octanol–water partition coefficient (Wildman–Crippen LogP) is 7.63. The van der Waals surface area contributed by atoms with Crippen LogP contribution in [0.5, 0.6) is 11.5 Å². The summed E-state index contributed by atoms with van der Waals surface area (Å²) >= 11 is 0. The summed E-state index contributed by atoms with van der Waals surface area (Å²) in [6.45, 7) is 17.6. The summed E-state index contributed by atoms with van der Waals surface area (Å²) in [6.07, 6.45) is 5.16. The molecule has 182 valence electrons. The van der Waals surface area contributed by atoms with Gasteiger partial charge in [0.05, 0.1) is 25.1 Å². The summed E-state index contributed by atoms with van der Waals surface area (Å²) in [5, 5.41) is 0.518. The van der Waals surface area contributed by atoms with Crippen molar-refractivity contribution in [2.45, 2.75) is 59.7 Å². The minimum absolute atomic E-state index is 0.0597. The number of aromatic nitrogens is 1. The molecule has 0 aliphatic rings. The van der Waals surface area contributed by atoms with Gasteiger partial charge in [0.1, 0.15) is 5.75 Å². The van der Waals surface area contributed by atoms with Crippen molar-refractivity contribution >= 4 is 27.3 Å². The van der Waals surface area contributed by atoms with Crippen LogP contribution in [0.3, 0.4) is 0 Å². The van der Waals surface area contributed by atoms with E-state index in [2.05, 4.69) is 38.8 Å². The van der Waals surface area contributed by atoms with E-state index in [0.29, 0.717) is 23.2 Å². The summed E-state index contributed by atoms with van der Waals surface area (Å²) in [7, 11) is -5.61. The van der Waals surface area contributed by atoms with Crippen molar-refractivity contribution in [2.75, 3.05) is 19.8 Å². The van der Waals surface area contributed by atoms with Gasteiger partial charge in [0, 0.05) is 18.0 Å². The molecule has 0 unspecified atom stereocenters. The normalized spacial score (nSPS) is 13.2. The SMILES string of the molecule is CCOc1cc(C=C(c2cccnc2)P(=O)(OCC)OCC)ccc1O[Si](C)(C)C(C)(C)C. The van der Waals surface area contributed by atoms with Crippen LogP contribution >= 0.6 is 7.60 Å². The molecule has 0 spiro atoms. The van der Waals surface area contributed by atoms with Crippen LogP contribution in [0.2, 0.25) is 18.1 Å². The third-order valence-corrected chi connectivity index (χ3v) is 12.1. The second kappa shape index (κ2) is 11.5. The van der Waals surface area contributed by atoms with Crippen LogP contribution in [0.1, 0.15) is 52.7 Å². The summed E-state index contributed by atoms with van der Waals surface area (Å²) in [5.41, 5.74) is 1.49. The number of hydrogen-bond donors (Lipinski definition) is 0. The van der Waals surface area contributed by atoms with E-state index in [0.717, 1.165) is 11.3 Å². The van der Waals surface area contributed by atoms with Gasteiger partial charge in [0.15, 0.2) is 5.75 Å². The van der Waals surface area contributed by atoms with E-state index in [9.17, 15) is 4.57 Å². The fraction of sp³-hybridized carbons (Fsp3) is 0.480. The molecule has 0 saturated carbocycles. The average Bonchev–Trinajstić information content (AvgIpc) is 2.74. The van der Waals surface area contributed by atoms with E-state index in [1.807, 2.05) is 37.3 Å². The Balaban J connectivity index is 2.60. The van der Waals surface area contributed by atoms with Crippen LogP contribution in [0.25, 0.3) is 11.4 Å². The van der Waals surface area contributed by atoms with E-state index in [1.165, 1.54) is 0 Å². The maximum absolute atomic E-state index is 13.7. The second-order valence-corrected chi connectivity index (χ2v) is 15.8. The molecule has 0 aliphatic carbocycles. The van der Waals surface area contributed by atoms with Crippen LogP contribution in [0, 0.1) is 0 Å². The summed E-state index contributed by atoms with van der Waals surface area (Å²) in [4.78, 5) is 4.19. The highest BCUT2D eigenvalue weighted by Crippen LogP contribution is 2.61. The molecule has 0 N–H and O–H groups in total. The zero-order valence-corrected chi connectivity index (χ0v) is 23.1. The van der Waals surface area contributed by atoms with E-state index in [-0.39, 0.29) is 18.3 Å². The molecule has 6 nitrogen and oxygen atoms in total. The smallest absolute Gasteiger partial charge is 0.361 e. The molecule has 1 aromatic carbocycles. The van der Waals surface area contributed by atoms with E-state index in [4.69, 9.17) is 18.2 Å². The Bertz CT molecular complexity index is 976. The Labute approximate surface area is 200 Å². The first kappa shape index (κ1) is 27.3. The third-order valence-electron chi connectivity index (χ3n) is 5.59. The monoisotopic (exact) mass is 491 g/mol. The number of hydrogen-bond acceptors (Lipinski definition) is 6. The van der Waals surface area contributed by atoms with Crippen LogP contribution in [-0.4, -0.2) is 33.1 Å². The molecule has 0 amide bonds. The van der Waals surface area contributed by atoms with E-state index in [1.54, 1.807) is 32.3 Å². The van der Waals surface area contributed by atoms with Gasteiger partial charge in [0.25, 0.3) is 8.32 Å². The first-order valence-electron chi connectivity index (χ1n) is 11.4. The Morgan fingerprint density at radius 1 is 1.03 bits per heavy atom. The fourth-order valence-electron chi connectivity index (χ4n) is 2.90. The second-order valence-electron chi connectivity index (χ2n) is 9.11. The van der Waals surface area contributed by atoms with Gasteiger partial charge >= 0.3 is 7.60 Å². The Morgan fingerprint density at radius 3 is 2.21 bits per heavy atom. The van der Waals surface area contributed by atoms with Gasteiger partial charge in [-0.15, -0.1) is 0 Å². The number of nitrogens with zero attached hydrogens (tertiary/aromatic N) is 1. The van der Waals surface area contributed by atoms with Gasteiger partial charge in [-0.1, -0.05) is 32.9 Å². The van der Waals surface area contributed by atoms with Crippen molar-refractivity contribution < 1.29 is 22.8 Å². The standard InChI is InChI=1S/C25H38NO5PSi/c1-9-28-23-17-20(14-15-22(23)31-33(7,8)25(4,5)6)18-24(21-13-12-16-26-19-21)32(27,29-10-2)30-11-3/h12-19H,9-11H2,1-8H3. The van der Waals surface area contributed by atoms with Gasteiger partial charge in [0.2, 0.25) is 0 Å². The topological polar surface area (TPSA) is 66.9 Å². The molecule has 2 aromatic rings. The molecule has 0 radical (unpaired) electrons. The lowest BCUT2D eigenvalue weighted by Crippen LogP contribution is -2.43. The van der Waals surface area contributed by atoms with Crippen molar-refractivity contribution in [3.63, 3.8) is 0 Å². The maximum atomic E-state index is 13.7. The highest BCUT2D eigenvalue weighted by atomic mass is 31.2. The lowest BCUT2D eigenvalue weighted by Gasteiger charge is -2.36. The van der Waals surface area contributed by atoms with Gasteiger partial charge < -0.3 is 18.2 Å². The molecular formula is C25H38NO5PSi. The van der Waals surface area contributed by atoms with Gasteiger partial charge in [-0.05, 0) is 68.7 Å². The summed E-state index contributed by atoms with van der Waals surface area (Å²) < 4.78 is 37.4. The molecule has 0 aliphatic heterocycles. The molecule has 0 bridgehead atoms. The Hall–Kier alpha value is -1.92. The molecule has 1 aromatic heterocycles. The lowest BCUT2D eigenvalue weighted by molar-refractivity contribution is 0.231. The molecular weight excluding hydrogens is 453 g/mol. The quantitative estimate of drug-likeness (QED) is 0.238. The highest BCUT2D eigenvalue weighted by molar-refractivity contribution is 7.65. The molecule has 1 heterocycles. The largest absolute Gasteiger partial charge is 0.541 e. The van der Waals surface area contributed by atoms with E-state index >= 15 is 0 Å². The zero-order chi connectivity index (χ0) is 24.7. The van der Waals surface area contributed by atoms with Crippen molar-refractivity contribution in [3.05, 3.63) is 53.9 Å². The van der Waals surface area contributed by atoms with Crippen molar-refractivity contribution in [2.24, 2.45) is 0 Å². The lowest BCUT2D eigenvalue weighted by atomic mass is 10.1. The van der Waals surface area contributed by atoms with Crippen LogP contribution in [-0.2, 0) is 13.6 Å². The predicted molar refractivity (Wildman–Crippen MR) is 138 cm³/mol. The van der Waals surface area contributed by atoms with Crippen LogP contribution in [0.4, 0.5) is 0 Å². The van der Waals surface area contributed by atoms with E-state index < -0.39 is 15.9 Å². The summed E-state index contributed by atoms with van der Waals surface area (Å²) in [6, 6.07) is 9.41. The minimum atomic E-state index is -3.56. The van der Waals surface area contributed by atoms with Gasteiger partial charge in [-0.3, -0.25) is 9.55 Å². The summed E-state index contributed by atoms with van der Waals surface area (Å²) in [5.74, 6) is 1.38. The molecule has 33 heavy (non-hydrogen) atoms.